The molecule has 2 aromatic heterocycles. The molecule has 5 aromatic rings. The van der Waals surface area contributed by atoms with Crippen LogP contribution in [0.1, 0.15) is 32.7 Å². The molecule has 0 spiro atoms. The van der Waals surface area contributed by atoms with E-state index in [4.69, 9.17) is 4.98 Å². The molecule has 0 atom stereocenters. The number of hydrogen-bond acceptors (Lipinski definition) is 5. The Morgan fingerprint density at radius 3 is 2.57 bits per heavy atom. The van der Waals surface area contributed by atoms with Gasteiger partial charge in [0.15, 0.2) is 0 Å². The average Bonchev–Trinajstić information content (AvgIpc) is 3.47. The summed E-state index contributed by atoms with van der Waals surface area (Å²) in [5, 5.41) is 5.21. The molecular weight excluding hydrogens is 494 g/mol. The third-order valence-corrected chi connectivity index (χ3v) is 9.27. The fourth-order valence-corrected chi connectivity index (χ4v) is 7.41. The second kappa shape index (κ2) is 10.2. The van der Waals surface area contributed by atoms with E-state index in [1.165, 1.54) is 31.8 Å². The number of aromatic nitrogens is 1. The maximum Gasteiger partial charge on any atom is 0.229 e. The minimum atomic E-state index is 0.0188. The highest BCUT2D eigenvalue weighted by molar-refractivity contribution is 7.22. The van der Waals surface area contributed by atoms with Crippen molar-refractivity contribution in [3.05, 3.63) is 105 Å². The van der Waals surface area contributed by atoms with Gasteiger partial charge in [-0.3, -0.25) is 9.69 Å². The number of hydrogen-bond donors (Lipinski definition) is 1. The van der Waals surface area contributed by atoms with Crippen LogP contribution in [-0.4, -0.2) is 22.3 Å². The van der Waals surface area contributed by atoms with E-state index < -0.39 is 0 Å². The van der Waals surface area contributed by atoms with Crippen LogP contribution in [0.5, 0.6) is 0 Å². The summed E-state index contributed by atoms with van der Waals surface area (Å²) in [6.45, 7) is 7.01. The van der Waals surface area contributed by atoms with Gasteiger partial charge in [-0.1, -0.05) is 60.7 Å². The lowest BCUT2D eigenvalue weighted by Gasteiger charge is -2.27. The number of carbonyl (C=O) groups is 1. The molecule has 0 unspecified atom stereocenters. The lowest BCUT2D eigenvalue weighted by molar-refractivity contribution is -0.115. The van der Waals surface area contributed by atoms with Crippen molar-refractivity contribution in [3.63, 3.8) is 0 Å². The standard InChI is InChI=1S/C31H29N3OS2/c1-20-12-13-23(16-21(20)2)17-28(35)33-31-29(30-32-25-10-6-7-11-26(25)36-30)24-14-15-34(19-27(24)37-31)18-22-8-4-3-5-9-22/h3-13,16H,14-15,17-19H2,1-2H3,(H,33,35). The molecule has 6 heteroatoms. The zero-order valence-electron chi connectivity index (χ0n) is 21.1. The van der Waals surface area contributed by atoms with Gasteiger partial charge in [-0.15, -0.1) is 22.7 Å². The minimum absolute atomic E-state index is 0.0188. The molecule has 1 amide bonds. The van der Waals surface area contributed by atoms with Crippen molar-refractivity contribution in [3.8, 4) is 10.6 Å². The van der Waals surface area contributed by atoms with Crippen LogP contribution in [0.4, 0.5) is 5.00 Å². The van der Waals surface area contributed by atoms with Gasteiger partial charge in [-0.05, 0) is 60.2 Å². The maximum absolute atomic E-state index is 13.2. The lowest BCUT2D eigenvalue weighted by Crippen LogP contribution is -2.29. The predicted molar refractivity (Wildman–Crippen MR) is 155 cm³/mol. The molecule has 0 saturated carbocycles. The van der Waals surface area contributed by atoms with Crippen LogP contribution in [-0.2, 0) is 30.7 Å². The van der Waals surface area contributed by atoms with Crippen molar-refractivity contribution in [2.75, 3.05) is 11.9 Å². The molecule has 1 aliphatic rings. The number of aryl methyl sites for hydroxylation is 2. The first-order chi connectivity index (χ1) is 18.0. The zero-order chi connectivity index (χ0) is 25.4. The first-order valence-electron chi connectivity index (χ1n) is 12.7. The van der Waals surface area contributed by atoms with E-state index >= 15 is 0 Å². The number of thiazole rings is 1. The Balaban J connectivity index is 1.32. The summed E-state index contributed by atoms with van der Waals surface area (Å²) >= 11 is 3.43. The highest BCUT2D eigenvalue weighted by Gasteiger charge is 2.28. The van der Waals surface area contributed by atoms with Crippen LogP contribution in [0.25, 0.3) is 20.8 Å². The smallest absolute Gasteiger partial charge is 0.229 e. The van der Waals surface area contributed by atoms with E-state index in [1.54, 1.807) is 22.7 Å². The topological polar surface area (TPSA) is 45.2 Å². The number of para-hydroxylation sites is 1. The van der Waals surface area contributed by atoms with Crippen molar-refractivity contribution < 1.29 is 4.79 Å². The third-order valence-electron chi connectivity index (χ3n) is 7.08. The van der Waals surface area contributed by atoms with Crippen molar-refractivity contribution >= 4 is 43.8 Å². The van der Waals surface area contributed by atoms with Gasteiger partial charge in [0.25, 0.3) is 0 Å². The summed E-state index contributed by atoms with van der Waals surface area (Å²) in [6, 6.07) is 25.2. The first kappa shape index (κ1) is 24.0. The number of fused-ring (bicyclic) bond motifs is 2. The molecule has 37 heavy (non-hydrogen) atoms. The molecule has 0 aliphatic carbocycles. The highest BCUT2D eigenvalue weighted by Crippen LogP contribution is 2.45. The van der Waals surface area contributed by atoms with E-state index in [-0.39, 0.29) is 5.91 Å². The second-order valence-corrected chi connectivity index (χ2v) is 11.9. The molecule has 186 valence electrons. The van der Waals surface area contributed by atoms with E-state index in [1.807, 2.05) is 6.07 Å². The number of carbonyl (C=O) groups excluding carboxylic acids is 1. The predicted octanol–water partition coefficient (Wildman–Crippen LogP) is 7.38. The van der Waals surface area contributed by atoms with Gasteiger partial charge in [0.05, 0.1) is 16.6 Å². The first-order valence-corrected chi connectivity index (χ1v) is 14.3. The monoisotopic (exact) mass is 523 g/mol. The number of anilines is 1. The minimum Gasteiger partial charge on any atom is -0.317 e. The van der Waals surface area contributed by atoms with Crippen LogP contribution in [0.15, 0.2) is 72.8 Å². The molecule has 3 heterocycles. The number of amides is 1. The Kier molecular flexibility index (Phi) is 6.63. The van der Waals surface area contributed by atoms with Gasteiger partial charge in [0.2, 0.25) is 5.91 Å². The number of nitrogens with one attached hydrogen (secondary N) is 1. The molecule has 1 aliphatic heterocycles. The van der Waals surface area contributed by atoms with Crippen molar-refractivity contribution in [2.24, 2.45) is 0 Å². The van der Waals surface area contributed by atoms with Gasteiger partial charge in [0.1, 0.15) is 10.0 Å². The van der Waals surface area contributed by atoms with Crippen LogP contribution < -0.4 is 5.32 Å². The molecule has 0 fully saturated rings. The number of thiophene rings is 1. The molecule has 0 radical (unpaired) electrons. The van der Waals surface area contributed by atoms with Gasteiger partial charge >= 0.3 is 0 Å². The molecule has 3 aromatic carbocycles. The van der Waals surface area contributed by atoms with Crippen molar-refractivity contribution in [2.45, 2.75) is 39.8 Å². The fraction of sp³-hybridized carbons (Fsp3) is 0.226. The van der Waals surface area contributed by atoms with E-state index in [0.29, 0.717) is 6.42 Å². The summed E-state index contributed by atoms with van der Waals surface area (Å²) in [7, 11) is 0. The molecular formula is C31H29N3OS2. The zero-order valence-corrected chi connectivity index (χ0v) is 22.7. The van der Waals surface area contributed by atoms with E-state index in [2.05, 4.69) is 90.8 Å². The molecule has 4 nitrogen and oxygen atoms in total. The van der Waals surface area contributed by atoms with Gasteiger partial charge < -0.3 is 5.32 Å². The van der Waals surface area contributed by atoms with Crippen LogP contribution in [0, 0.1) is 13.8 Å². The number of benzene rings is 3. The molecule has 0 bridgehead atoms. The quantitative estimate of drug-likeness (QED) is 0.253. The largest absolute Gasteiger partial charge is 0.317 e. The Bertz CT molecular complexity index is 1550. The molecule has 0 saturated heterocycles. The maximum atomic E-state index is 13.2. The molecule has 6 rings (SSSR count). The normalized spacial score (nSPS) is 13.6. The fourth-order valence-electron chi connectivity index (χ4n) is 5.00. The Labute approximate surface area is 225 Å². The Hall–Kier alpha value is -3.32. The Morgan fingerprint density at radius 1 is 0.946 bits per heavy atom. The summed E-state index contributed by atoms with van der Waals surface area (Å²) in [5.41, 5.74) is 8.30. The van der Waals surface area contributed by atoms with Crippen LogP contribution in [0.2, 0.25) is 0 Å². The summed E-state index contributed by atoms with van der Waals surface area (Å²) in [4.78, 5) is 22.0. The number of rotatable bonds is 6. The van der Waals surface area contributed by atoms with Crippen molar-refractivity contribution in [1.82, 2.24) is 9.88 Å². The summed E-state index contributed by atoms with van der Waals surface area (Å²) in [6.07, 6.45) is 1.32. The van der Waals surface area contributed by atoms with Gasteiger partial charge in [0, 0.05) is 30.1 Å². The Morgan fingerprint density at radius 2 is 1.76 bits per heavy atom. The molecule has 1 N–H and O–H groups in total. The summed E-state index contributed by atoms with van der Waals surface area (Å²) < 4.78 is 1.17. The average molecular weight is 524 g/mol. The van der Waals surface area contributed by atoms with Crippen LogP contribution in [0.3, 0.4) is 0 Å². The highest BCUT2D eigenvalue weighted by atomic mass is 32.1. The lowest BCUT2D eigenvalue weighted by atomic mass is 10.0. The summed E-state index contributed by atoms with van der Waals surface area (Å²) in [5.74, 6) is 0.0188. The van der Waals surface area contributed by atoms with Gasteiger partial charge in [-0.25, -0.2) is 4.98 Å². The van der Waals surface area contributed by atoms with Crippen molar-refractivity contribution in [1.29, 1.82) is 0 Å². The third kappa shape index (κ3) is 5.10. The SMILES string of the molecule is Cc1ccc(CC(=O)Nc2sc3c(c2-c2nc4ccccc4s2)CCN(Cc2ccccc2)C3)cc1C. The van der Waals surface area contributed by atoms with E-state index in [0.717, 1.165) is 52.7 Å². The van der Waals surface area contributed by atoms with Crippen LogP contribution >= 0.6 is 22.7 Å². The second-order valence-electron chi connectivity index (χ2n) is 9.78. The van der Waals surface area contributed by atoms with Gasteiger partial charge in [-0.2, -0.15) is 0 Å². The number of nitrogens with zero attached hydrogens (tertiary/aromatic N) is 2. The van der Waals surface area contributed by atoms with E-state index in [9.17, 15) is 4.79 Å².